The van der Waals surface area contributed by atoms with Crippen molar-refractivity contribution in [2.45, 2.75) is 26.7 Å². The summed E-state index contributed by atoms with van der Waals surface area (Å²) in [6, 6.07) is 12.8. The van der Waals surface area contributed by atoms with E-state index in [-0.39, 0.29) is 28.8 Å². The Morgan fingerprint density at radius 1 is 0.931 bits per heavy atom. The van der Waals surface area contributed by atoms with Crippen LogP contribution < -0.4 is 10.6 Å². The SMILES string of the molecule is Cc1cccc(C(C)C)c1NC(=O)c1cncc(C(=O)Nc2ccc(F)cc2)c1. The number of amides is 2. The second-order valence-electron chi connectivity index (χ2n) is 7.07. The number of anilines is 2. The van der Waals surface area contributed by atoms with Crippen LogP contribution in [0.1, 0.15) is 51.6 Å². The number of hydrogen-bond acceptors (Lipinski definition) is 3. The van der Waals surface area contributed by atoms with Crippen LogP contribution in [0.3, 0.4) is 0 Å². The fourth-order valence-electron chi connectivity index (χ4n) is 2.95. The summed E-state index contributed by atoms with van der Waals surface area (Å²) in [4.78, 5) is 29.3. The number of halogens is 1. The second kappa shape index (κ2) is 8.65. The van der Waals surface area contributed by atoms with E-state index in [0.717, 1.165) is 16.8 Å². The predicted octanol–water partition coefficient (Wildman–Crippen LogP) is 5.16. The molecule has 0 aliphatic carbocycles. The molecule has 148 valence electrons. The highest BCUT2D eigenvalue weighted by Gasteiger charge is 2.15. The summed E-state index contributed by atoms with van der Waals surface area (Å²) >= 11 is 0. The average Bonchev–Trinajstić information content (AvgIpc) is 2.71. The van der Waals surface area contributed by atoms with Crippen molar-refractivity contribution in [1.82, 2.24) is 4.98 Å². The van der Waals surface area contributed by atoms with Crippen molar-refractivity contribution in [3.05, 3.63) is 89.0 Å². The molecule has 1 aromatic heterocycles. The first-order chi connectivity index (χ1) is 13.8. The molecule has 0 saturated carbocycles. The van der Waals surface area contributed by atoms with Crippen LogP contribution in [0, 0.1) is 12.7 Å². The highest BCUT2D eigenvalue weighted by atomic mass is 19.1. The highest BCUT2D eigenvalue weighted by molar-refractivity contribution is 6.08. The van der Waals surface area contributed by atoms with E-state index in [1.165, 1.54) is 42.7 Å². The maximum Gasteiger partial charge on any atom is 0.257 e. The Labute approximate surface area is 169 Å². The minimum atomic E-state index is -0.433. The molecule has 0 spiro atoms. The zero-order chi connectivity index (χ0) is 21.0. The van der Waals surface area contributed by atoms with E-state index in [1.807, 2.05) is 25.1 Å². The number of aromatic nitrogens is 1. The number of aryl methyl sites for hydroxylation is 1. The number of rotatable bonds is 5. The van der Waals surface area contributed by atoms with Crippen molar-refractivity contribution in [1.29, 1.82) is 0 Å². The predicted molar refractivity (Wildman–Crippen MR) is 112 cm³/mol. The third-order valence-corrected chi connectivity index (χ3v) is 4.53. The van der Waals surface area contributed by atoms with Gasteiger partial charge in [0.25, 0.3) is 11.8 Å². The lowest BCUT2D eigenvalue weighted by molar-refractivity contribution is 0.102. The average molecular weight is 391 g/mol. The Balaban J connectivity index is 1.80. The van der Waals surface area contributed by atoms with Gasteiger partial charge in [-0.2, -0.15) is 0 Å². The van der Waals surface area contributed by atoms with E-state index in [0.29, 0.717) is 5.69 Å². The van der Waals surface area contributed by atoms with Crippen molar-refractivity contribution in [2.75, 3.05) is 10.6 Å². The number of carbonyl (C=O) groups is 2. The zero-order valence-electron chi connectivity index (χ0n) is 16.5. The molecule has 0 fully saturated rings. The third kappa shape index (κ3) is 4.85. The Hall–Kier alpha value is -3.54. The standard InChI is InChI=1S/C23H22FN3O2/c1-14(2)20-6-4-5-15(3)21(20)27-23(29)17-11-16(12-25-13-17)22(28)26-19-9-7-18(24)8-10-19/h4-14H,1-3H3,(H,26,28)(H,27,29). The van der Waals surface area contributed by atoms with Crippen molar-refractivity contribution in [3.8, 4) is 0 Å². The number of hydrogen-bond donors (Lipinski definition) is 2. The highest BCUT2D eigenvalue weighted by Crippen LogP contribution is 2.27. The summed E-state index contributed by atoms with van der Waals surface area (Å²) in [5, 5.41) is 5.60. The first-order valence-electron chi connectivity index (χ1n) is 9.28. The Morgan fingerprint density at radius 2 is 1.55 bits per heavy atom. The smallest absolute Gasteiger partial charge is 0.257 e. The van der Waals surface area contributed by atoms with Crippen LogP contribution in [0.25, 0.3) is 0 Å². The molecule has 0 aliphatic heterocycles. The van der Waals surface area contributed by atoms with Gasteiger partial charge in [0.05, 0.1) is 11.1 Å². The number of para-hydroxylation sites is 1. The van der Waals surface area contributed by atoms with Gasteiger partial charge in [0.2, 0.25) is 0 Å². The van der Waals surface area contributed by atoms with E-state index in [9.17, 15) is 14.0 Å². The largest absolute Gasteiger partial charge is 0.322 e. The van der Waals surface area contributed by atoms with E-state index >= 15 is 0 Å². The van der Waals surface area contributed by atoms with Gasteiger partial charge in [0.15, 0.2) is 0 Å². The molecule has 6 heteroatoms. The van der Waals surface area contributed by atoms with Gasteiger partial charge >= 0.3 is 0 Å². The van der Waals surface area contributed by atoms with Crippen LogP contribution in [-0.2, 0) is 0 Å². The van der Waals surface area contributed by atoms with Crippen molar-refractivity contribution in [3.63, 3.8) is 0 Å². The van der Waals surface area contributed by atoms with E-state index < -0.39 is 5.91 Å². The number of nitrogens with one attached hydrogen (secondary N) is 2. The van der Waals surface area contributed by atoms with Gasteiger partial charge in [-0.1, -0.05) is 32.0 Å². The maximum absolute atomic E-state index is 13.0. The molecule has 0 unspecified atom stereocenters. The molecule has 29 heavy (non-hydrogen) atoms. The van der Waals surface area contributed by atoms with E-state index in [1.54, 1.807) is 0 Å². The molecule has 0 aliphatic rings. The van der Waals surface area contributed by atoms with Gasteiger partial charge < -0.3 is 10.6 Å². The monoisotopic (exact) mass is 391 g/mol. The van der Waals surface area contributed by atoms with Gasteiger partial charge in [-0.05, 0) is 54.3 Å². The lowest BCUT2D eigenvalue weighted by atomic mass is 9.98. The zero-order valence-corrected chi connectivity index (χ0v) is 16.5. The normalized spacial score (nSPS) is 10.7. The molecule has 5 nitrogen and oxygen atoms in total. The molecule has 2 amide bonds. The maximum atomic E-state index is 13.0. The van der Waals surface area contributed by atoms with E-state index in [4.69, 9.17) is 0 Å². The molecular formula is C23H22FN3O2. The quantitative estimate of drug-likeness (QED) is 0.631. The molecule has 1 heterocycles. The lowest BCUT2D eigenvalue weighted by Gasteiger charge is -2.16. The van der Waals surface area contributed by atoms with Crippen LogP contribution in [0.4, 0.5) is 15.8 Å². The second-order valence-corrected chi connectivity index (χ2v) is 7.07. The molecule has 3 rings (SSSR count). The summed E-state index contributed by atoms with van der Waals surface area (Å²) in [7, 11) is 0. The lowest BCUT2D eigenvalue weighted by Crippen LogP contribution is -2.17. The van der Waals surface area contributed by atoms with Crippen LogP contribution in [0.5, 0.6) is 0 Å². The summed E-state index contributed by atoms with van der Waals surface area (Å²) in [6.07, 6.45) is 2.79. The first kappa shape index (κ1) is 20.2. The minimum absolute atomic E-state index is 0.232. The van der Waals surface area contributed by atoms with Gasteiger partial charge in [0, 0.05) is 23.8 Å². The number of carbonyl (C=O) groups excluding carboxylic acids is 2. The molecule has 3 aromatic rings. The topological polar surface area (TPSA) is 71.1 Å². The fraction of sp³-hybridized carbons (Fsp3) is 0.174. The van der Waals surface area contributed by atoms with Gasteiger partial charge in [-0.15, -0.1) is 0 Å². The third-order valence-electron chi connectivity index (χ3n) is 4.53. The number of nitrogens with zero attached hydrogens (tertiary/aromatic N) is 1. The molecule has 0 saturated heterocycles. The van der Waals surface area contributed by atoms with Crippen LogP contribution >= 0.6 is 0 Å². The van der Waals surface area contributed by atoms with Gasteiger partial charge in [-0.25, -0.2) is 4.39 Å². The van der Waals surface area contributed by atoms with Crippen LogP contribution in [-0.4, -0.2) is 16.8 Å². The molecule has 0 atom stereocenters. The Bertz CT molecular complexity index is 1050. The first-order valence-corrected chi connectivity index (χ1v) is 9.28. The molecule has 2 N–H and O–H groups in total. The van der Waals surface area contributed by atoms with E-state index in [2.05, 4.69) is 29.5 Å². The van der Waals surface area contributed by atoms with Crippen molar-refractivity contribution < 1.29 is 14.0 Å². The molecule has 0 bridgehead atoms. The van der Waals surface area contributed by atoms with Crippen molar-refractivity contribution in [2.24, 2.45) is 0 Å². The summed E-state index contributed by atoms with van der Waals surface area (Å²) < 4.78 is 13.0. The summed E-state index contributed by atoms with van der Waals surface area (Å²) in [5.41, 5.74) is 3.73. The van der Waals surface area contributed by atoms with Crippen LogP contribution in [0.2, 0.25) is 0 Å². The Kier molecular flexibility index (Phi) is 6.02. The van der Waals surface area contributed by atoms with Crippen LogP contribution in [0.15, 0.2) is 60.9 Å². The number of benzene rings is 2. The molecular weight excluding hydrogens is 369 g/mol. The summed E-state index contributed by atoms with van der Waals surface area (Å²) in [6.45, 7) is 6.06. The fourth-order valence-corrected chi connectivity index (χ4v) is 2.95. The molecule has 2 aromatic carbocycles. The Morgan fingerprint density at radius 3 is 2.17 bits per heavy atom. The summed E-state index contributed by atoms with van der Waals surface area (Å²) in [5.74, 6) is -0.917. The van der Waals surface area contributed by atoms with Gasteiger partial charge in [0.1, 0.15) is 5.82 Å². The van der Waals surface area contributed by atoms with Crippen molar-refractivity contribution >= 4 is 23.2 Å². The van der Waals surface area contributed by atoms with Gasteiger partial charge in [-0.3, -0.25) is 14.6 Å². The minimum Gasteiger partial charge on any atom is -0.322 e. The number of pyridine rings is 1. The molecule has 0 radical (unpaired) electrons.